The predicted molar refractivity (Wildman–Crippen MR) is 80.2 cm³/mol. The van der Waals surface area contributed by atoms with Crippen LogP contribution in [0.1, 0.15) is 19.3 Å². The van der Waals surface area contributed by atoms with E-state index in [1.807, 2.05) is 12.1 Å². The Morgan fingerprint density at radius 2 is 2.30 bits per heavy atom. The van der Waals surface area contributed by atoms with Crippen LogP contribution in [0.5, 0.6) is 5.75 Å². The molecular weight excluding hydrogens is 276 g/mol. The Bertz CT molecular complexity index is 449. The van der Waals surface area contributed by atoms with Gasteiger partial charge in [-0.2, -0.15) is 0 Å². The van der Waals surface area contributed by atoms with Gasteiger partial charge < -0.3 is 15.0 Å². The summed E-state index contributed by atoms with van der Waals surface area (Å²) in [5.74, 6) is 0.876. The third kappa shape index (κ3) is 5.39. The Morgan fingerprint density at radius 1 is 1.50 bits per heavy atom. The lowest BCUT2D eigenvalue weighted by atomic mass is 10.3. The lowest BCUT2D eigenvalue weighted by Gasteiger charge is -2.17. The van der Waals surface area contributed by atoms with E-state index in [9.17, 15) is 4.79 Å². The molecule has 5 heteroatoms. The second-order valence-electron chi connectivity index (χ2n) is 5.10. The monoisotopic (exact) mass is 296 g/mol. The molecule has 1 N–H and O–H groups in total. The van der Waals surface area contributed by atoms with Crippen molar-refractivity contribution < 1.29 is 9.53 Å². The molecule has 0 radical (unpaired) electrons. The minimum Gasteiger partial charge on any atom is -0.492 e. The second-order valence-corrected chi connectivity index (χ2v) is 5.54. The molecule has 1 aromatic rings. The van der Waals surface area contributed by atoms with Crippen LogP contribution in [-0.4, -0.2) is 43.6 Å². The highest BCUT2D eigenvalue weighted by Gasteiger charge is 2.20. The van der Waals surface area contributed by atoms with E-state index in [-0.39, 0.29) is 5.91 Å². The van der Waals surface area contributed by atoms with E-state index >= 15 is 0 Å². The summed E-state index contributed by atoms with van der Waals surface area (Å²) in [6, 6.07) is 7.92. The average Bonchev–Trinajstić information content (AvgIpc) is 3.22. The molecule has 1 saturated carbocycles. The molecule has 1 aromatic carbocycles. The number of nitrogens with zero attached hydrogens (tertiary/aromatic N) is 1. The number of likely N-dealkylation sites (N-methyl/N-ethyl adjacent to an activating group) is 1. The number of benzene rings is 1. The lowest BCUT2D eigenvalue weighted by Crippen LogP contribution is -2.33. The number of nitrogens with one attached hydrogen (secondary N) is 1. The van der Waals surface area contributed by atoms with Gasteiger partial charge in [0.15, 0.2) is 0 Å². The maximum absolute atomic E-state index is 11.9. The van der Waals surface area contributed by atoms with Crippen LogP contribution >= 0.6 is 11.6 Å². The van der Waals surface area contributed by atoms with Crippen molar-refractivity contribution >= 4 is 17.5 Å². The Hall–Kier alpha value is -1.26. The zero-order valence-corrected chi connectivity index (χ0v) is 12.5. The summed E-state index contributed by atoms with van der Waals surface area (Å²) in [6.45, 7) is 1.82. The van der Waals surface area contributed by atoms with Gasteiger partial charge in [-0.25, -0.2) is 0 Å². The number of carbonyl (C=O) groups excluding carboxylic acids is 1. The van der Waals surface area contributed by atoms with Gasteiger partial charge in [-0.05, 0) is 31.0 Å². The molecule has 0 bridgehead atoms. The Labute approximate surface area is 125 Å². The first-order valence-corrected chi connectivity index (χ1v) is 7.38. The van der Waals surface area contributed by atoms with E-state index in [4.69, 9.17) is 16.3 Å². The first-order valence-electron chi connectivity index (χ1n) is 7.01. The first-order chi connectivity index (χ1) is 9.65. The van der Waals surface area contributed by atoms with Gasteiger partial charge in [0, 0.05) is 31.1 Å². The van der Waals surface area contributed by atoms with E-state index in [1.165, 1.54) is 12.8 Å². The van der Waals surface area contributed by atoms with Crippen molar-refractivity contribution in [3.05, 3.63) is 29.3 Å². The average molecular weight is 297 g/mol. The van der Waals surface area contributed by atoms with E-state index in [2.05, 4.69) is 5.32 Å². The van der Waals surface area contributed by atoms with Crippen molar-refractivity contribution in [3.8, 4) is 5.75 Å². The van der Waals surface area contributed by atoms with Gasteiger partial charge in [0.25, 0.3) is 0 Å². The molecule has 1 amide bonds. The highest BCUT2D eigenvalue weighted by atomic mass is 35.5. The molecule has 0 heterocycles. The zero-order valence-electron chi connectivity index (χ0n) is 11.8. The van der Waals surface area contributed by atoms with Crippen LogP contribution in [0.25, 0.3) is 0 Å². The molecule has 0 aliphatic heterocycles. The van der Waals surface area contributed by atoms with E-state index in [0.29, 0.717) is 30.6 Å². The standard InChI is InChI=1S/C15H21ClN2O2/c1-18(15(19)7-8-17-13-5-6-13)9-10-20-14-4-2-3-12(16)11-14/h2-4,11,13,17H,5-10H2,1H3. The van der Waals surface area contributed by atoms with Gasteiger partial charge in [0.2, 0.25) is 5.91 Å². The molecule has 1 aliphatic carbocycles. The topological polar surface area (TPSA) is 41.6 Å². The number of amides is 1. The quantitative estimate of drug-likeness (QED) is 0.800. The summed E-state index contributed by atoms with van der Waals surface area (Å²) in [7, 11) is 1.81. The van der Waals surface area contributed by atoms with Gasteiger partial charge >= 0.3 is 0 Å². The van der Waals surface area contributed by atoms with E-state index < -0.39 is 0 Å². The number of halogens is 1. The predicted octanol–water partition coefficient (Wildman–Crippen LogP) is 2.32. The zero-order chi connectivity index (χ0) is 14.4. The molecule has 0 spiro atoms. The SMILES string of the molecule is CN(CCOc1cccc(Cl)c1)C(=O)CCNC1CC1. The summed E-state index contributed by atoms with van der Waals surface area (Å²) in [5.41, 5.74) is 0. The maximum atomic E-state index is 11.9. The van der Waals surface area contributed by atoms with Crippen LogP contribution in [0.15, 0.2) is 24.3 Å². The Kier molecular flexibility index (Phi) is 5.68. The largest absolute Gasteiger partial charge is 0.492 e. The summed E-state index contributed by atoms with van der Waals surface area (Å²) < 4.78 is 5.57. The number of ether oxygens (including phenoxy) is 1. The van der Waals surface area contributed by atoms with Crippen molar-refractivity contribution in [1.29, 1.82) is 0 Å². The van der Waals surface area contributed by atoms with Crippen LogP contribution in [-0.2, 0) is 4.79 Å². The van der Waals surface area contributed by atoms with Gasteiger partial charge in [-0.3, -0.25) is 4.79 Å². The molecular formula is C15H21ClN2O2. The molecule has 4 nitrogen and oxygen atoms in total. The van der Waals surface area contributed by atoms with Crippen molar-refractivity contribution in [2.75, 3.05) is 26.7 Å². The van der Waals surface area contributed by atoms with Gasteiger partial charge in [0.1, 0.15) is 12.4 Å². The smallest absolute Gasteiger partial charge is 0.223 e. The first kappa shape index (κ1) is 15.1. The molecule has 0 unspecified atom stereocenters. The van der Waals surface area contributed by atoms with Crippen LogP contribution in [0.2, 0.25) is 5.02 Å². The fourth-order valence-electron chi connectivity index (χ4n) is 1.84. The molecule has 0 saturated heterocycles. The van der Waals surface area contributed by atoms with Crippen molar-refractivity contribution in [3.63, 3.8) is 0 Å². The highest BCUT2D eigenvalue weighted by molar-refractivity contribution is 6.30. The van der Waals surface area contributed by atoms with E-state index in [1.54, 1.807) is 24.1 Å². The summed E-state index contributed by atoms with van der Waals surface area (Å²) in [4.78, 5) is 13.6. The molecule has 20 heavy (non-hydrogen) atoms. The molecule has 0 aromatic heterocycles. The van der Waals surface area contributed by atoms with Crippen molar-refractivity contribution in [2.24, 2.45) is 0 Å². The highest BCUT2D eigenvalue weighted by Crippen LogP contribution is 2.18. The lowest BCUT2D eigenvalue weighted by molar-refractivity contribution is -0.130. The summed E-state index contributed by atoms with van der Waals surface area (Å²) in [6.07, 6.45) is 3.04. The minimum absolute atomic E-state index is 0.146. The van der Waals surface area contributed by atoms with Gasteiger partial charge in [-0.15, -0.1) is 0 Å². The maximum Gasteiger partial charge on any atom is 0.223 e. The van der Waals surface area contributed by atoms with Crippen LogP contribution < -0.4 is 10.1 Å². The van der Waals surface area contributed by atoms with Crippen molar-refractivity contribution in [2.45, 2.75) is 25.3 Å². The van der Waals surface area contributed by atoms with E-state index in [0.717, 1.165) is 12.3 Å². The normalized spacial score (nSPS) is 14.1. The molecule has 0 atom stereocenters. The molecule has 2 rings (SSSR count). The number of hydrogen-bond acceptors (Lipinski definition) is 3. The number of carbonyl (C=O) groups is 1. The van der Waals surface area contributed by atoms with Crippen LogP contribution in [0.3, 0.4) is 0 Å². The third-order valence-electron chi connectivity index (χ3n) is 3.27. The number of rotatable bonds is 8. The fraction of sp³-hybridized carbons (Fsp3) is 0.533. The summed E-state index contributed by atoms with van der Waals surface area (Å²) >= 11 is 5.87. The second kappa shape index (κ2) is 7.50. The fourth-order valence-corrected chi connectivity index (χ4v) is 2.02. The molecule has 1 fully saturated rings. The summed E-state index contributed by atoms with van der Waals surface area (Å²) in [5, 5.41) is 3.99. The molecule has 110 valence electrons. The minimum atomic E-state index is 0.146. The van der Waals surface area contributed by atoms with Crippen LogP contribution in [0, 0.1) is 0 Å². The van der Waals surface area contributed by atoms with Gasteiger partial charge in [0.05, 0.1) is 6.54 Å². The Morgan fingerprint density at radius 3 is 3.00 bits per heavy atom. The third-order valence-corrected chi connectivity index (χ3v) is 3.50. The Balaban J connectivity index is 1.60. The van der Waals surface area contributed by atoms with Crippen molar-refractivity contribution in [1.82, 2.24) is 10.2 Å². The van der Waals surface area contributed by atoms with Gasteiger partial charge in [-0.1, -0.05) is 17.7 Å². The molecule has 1 aliphatic rings. The van der Waals surface area contributed by atoms with Crippen LogP contribution in [0.4, 0.5) is 0 Å². The number of hydrogen-bond donors (Lipinski definition) is 1.